The van der Waals surface area contributed by atoms with Gasteiger partial charge in [-0.05, 0) is 50.1 Å². The van der Waals surface area contributed by atoms with Gasteiger partial charge in [-0.25, -0.2) is 0 Å². The van der Waals surface area contributed by atoms with Gasteiger partial charge in [0, 0.05) is 12.1 Å². The molecule has 0 bridgehead atoms. The number of likely N-dealkylation sites (tertiary alicyclic amines) is 1. The Kier molecular flexibility index (Phi) is 7.92. The van der Waals surface area contributed by atoms with E-state index >= 15 is 0 Å². The summed E-state index contributed by atoms with van der Waals surface area (Å²) in [7, 11) is 0. The molecule has 1 N–H and O–H groups in total. The number of Topliss-reactive ketones (excluding diaryl/α,β-unsaturated/α-hetero) is 1. The van der Waals surface area contributed by atoms with Gasteiger partial charge >= 0.3 is 0 Å². The number of carbonyl (C=O) groups excluding carboxylic acids is 2. The predicted molar refractivity (Wildman–Crippen MR) is 124 cm³/mol. The standard InChI is InChI=1S/C26H31NO5/c1-4-7-8-16-27-23(18-12-14-20(15-13-18)31-5-2)22(25(29)26(27)30)24(28)19-10-9-11-21(17-19)32-6-3/h9-15,17,23,28H,4-8,16H2,1-3H3/b24-22-. The Morgan fingerprint density at radius 3 is 2.28 bits per heavy atom. The first-order valence-corrected chi connectivity index (χ1v) is 11.3. The fourth-order valence-corrected chi connectivity index (χ4v) is 3.96. The highest BCUT2D eigenvalue weighted by molar-refractivity contribution is 6.46. The van der Waals surface area contributed by atoms with Crippen molar-refractivity contribution in [3.05, 3.63) is 65.2 Å². The minimum atomic E-state index is -0.667. The van der Waals surface area contributed by atoms with Crippen LogP contribution in [0.25, 0.3) is 5.76 Å². The van der Waals surface area contributed by atoms with E-state index in [1.807, 2.05) is 38.1 Å². The van der Waals surface area contributed by atoms with Crippen molar-refractivity contribution in [1.29, 1.82) is 0 Å². The molecule has 1 aliphatic heterocycles. The molecule has 1 saturated heterocycles. The van der Waals surface area contributed by atoms with Gasteiger partial charge in [-0.15, -0.1) is 0 Å². The van der Waals surface area contributed by atoms with Gasteiger partial charge in [-0.3, -0.25) is 9.59 Å². The Morgan fingerprint density at radius 1 is 0.938 bits per heavy atom. The van der Waals surface area contributed by atoms with Gasteiger partial charge in [-0.1, -0.05) is 44.0 Å². The number of amides is 1. The van der Waals surface area contributed by atoms with Gasteiger partial charge < -0.3 is 19.5 Å². The molecule has 6 heteroatoms. The van der Waals surface area contributed by atoms with Crippen molar-refractivity contribution in [2.45, 2.75) is 46.1 Å². The highest BCUT2D eigenvalue weighted by Gasteiger charge is 2.45. The third-order valence-corrected chi connectivity index (χ3v) is 5.47. The van der Waals surface area contributed by atoms with Gasteiger partial charge in [0.05, 0.1) is 24.8 Å². The summed E-state index contributed by atoms with van der Waals surface area (Å²) >= 11 is 0. The molecule has 0 radical (unpaired) electrons. The fourth-order valence-electron chi connectivity index (χ4n) is 3.96. The van der Waals surface area contributed by atoms with E-state index in [1.165, 1.54) is 0 Å². The summed E-state index contributed by atoms with van der Waals surface area (Å²) in [6, 6.07) is 13.6. The van der Waals surface area contributed by atoms with Crippen molar-refractivity contribution in [1.82, 2.24) is 4.90 Å². The van der Waals surface area contributed by atoms with E-state index in [-0.39, 0.29) is 11.3 Å². The zero-order valence-electron chi connectivity index (χ0n) is 19.0. The maximum atomic E-state index is 13.1. The van der Waals surface area contributed by atoms with Gasteiger partial charge in [0.15, 0.2) is 0 Å². The summed E-state index contributed by atoms with van der Waals surface area (Å²) in [6.45, 7) is 7.35. The summed E-state index contributed by atoms with van der Waals surface area (Å²) in [5.41, 5.74) is 1.30. The molecule has 0 saturated carbocycles. The van der Waals surface area contributed by atoms with Crippen LogP contribution in [-0.2, 0) is 9.59 Å². The minimum absolute atomic E-state index is 0.101. The maximum Gasteiger partial charge on any atom is 0.295 e. The number of ketones is 1. The summed E-state index contributed by atoms with van der Waals surface area (Å²) < 4.78 is 11.1. The lowest BCUT2D eigenvalue weighted by atomic mass is 9.95. The number of rotatable bonds is 10. The number of ether oxygens (including phenoxy) is 2. The monoisotopic (exact) mass is 437 g/mol. The van der Waals surface area contributed by atoms with E-state index in [0.29, 0.717) is 36.8 Å². The summed E-state index contributed by atoms with van der Waals surface area (Å²) in [6.07, 6.45) is 2.74. The van der Waals surface area contributed by atoms with Crippen LogP contribution in [0.2, 0.25) is 0 Å². The Hall–Kier alpha value is -3.28. The number of hydrogen-bond acceptors (Lipinski definition) is 5. The lowest BCUT2D eigenvalue weighted by Crippen LogP contribution is -2.30. The summed E-state index contributed by atoms with van der Waals surface area (Å²) in [4.78, 5) is 27.6. The Labute approximate surface area is 189 Å². The maximum absolute atomic E-state index is 13.1. The topological polar surface area (TPSA) is 76.1 Å². The van der Waals surface area contributed by atoms with Crippen LogP contribution in [-0.4, -0.2) is 41.5 Å². The molecule has 1 aliphatic rings. The zero-order chi connectivity index (χ0) is 23.1. The molecule has 2 aromatic carbocycles. The highest BCUT2D eigenvalue weighted by atomic mass is 16.5. The van der Waals surface area contributed by atoms with E-state index in [9.17, 15) is 14.7 Å². The lowest BCUT2D eigenvalue weighted by Gasteiger charge is -2.25. The van der Waals surface area contributed by atoms with Crippen molar-refractivity contribution in [2.75, 3.05) is 19.8 Å². The molecule has 0 spiro atoms. The largest absolute Gasteiger partial charge is 0.507 e. The smallest absolute Gasteiger partial charge is 0.295 e. The second-order valence-corrected chi connectivity index (χ2v) is 7.66. The molecule has 1 fully saturated rings. The number of nitrogens with zero attached hydrogens (tertiary/aromatic N) is 1. The molecule has 0 aromatic heterocycles. The first kappa shape index (κ1) is 23.4. The van der Waals surface area contributed by atoms with Crippen LogP contribution < -0.4 is 9.47 Å². The predicted octanol–water partition coefficient (Wildman–Crippen LogP) is 5.10. The molecule has 1 heterocycles. The molecule has 1 atom stereocenters. The number of hydrogen-bond donors (Lipinski definition) is 1. The van der Waals surface area contributed by atoms with Crippen molar-refractivity contribution in [3.8, 4) is 11.5 Å². The SMILES string of the molecule is CCCCCN1C(=O)C(=O)/C(=C(\O)c2cccc(OCC)c2)C1c1ccc(OCC)cc1. The number of carbonyl (C=O) groups is 2. The normalized spacial score (nSPS) is 17.6. The van der Waals surface area contributed by atoms with E-state index < -0.39 is 17.7 Å². The fraction of sp³-hybridized carbons (Fsp3) is 0.385. The van der Waals surface area contributed by atoms with Gasteiger partial charge in [0.1, 0.15) is 17.3 Å². The van der Waals surface area contributed by atoms with Crippen LogP contribution in [0.15, 0.2) is 54.1 Å². The summed E-state index contributed by atoms with van der Waals surface area (Å²) in [5.74, 6) is -0.140. The van der Waals surface area contributed by atoms with Crippen LogP contribution in [0.4, 0.5) is 0 Å². The highest BCUT2D eigenvalue weighted by Crippen LogP contribution is 2.40. The number of aliphatic hydroxyl groups excluding tert-OH is 1. The Bertz CT molecular complexity index is 980. The van der Waals surface area contributed by atoms with Gasteiger partial charge in [0.25, 0.3) is 11.7 Å². The molecular formula is C26H31NO5. The van der Waals surface area contributed by atoms with Crippen molar-refractivity contribution in [3.63, 3.8) is 0 Å². The molecule has 170 valence electrons. The molecular weight excluding hydrogens is 406 g/mol. The van der Waals surface area contributed by atoms with Crippen molar-refractivity contribution < 1.29 is 24.2 Å². The van der Waals surface area contributed by atoms with Crippen molar-refractivity contribution >= 4 is 17.4 Å². The third kappa shape index (κ3) is 4.96. The number of aliphatic hydroxyl groups is 1. The Morgan fingerprint density at radius 2 is 1.62 bits per heavy atom. The van der Waals surface area contributed by atoms with Gasteiger partial charge in [0.2, 0.25) is 0 Å². The number of benzene rings is 2. The molecule has 6 nitrogen and oxygen atoms in total. The van der Waals surface area contributed by atoms with Crippen LogP contribution >= 0.6 is 0 Å². The van der Waals surface area contributed by atoms with E-state index in [4.69, 9.17) is 9.47 Å². The van der Waals surface area contributed by atoms with E-state index in [0.717, 1.165) is 24.8 Å². The van der Waals surface area contributed by atoms with Crippen molar-refractivity contribution in [2.24, 2.45) is 0 Å². The van der Waals surface area contributed by atoms with E-state index in [1.54, 1.807) is 29.2 Å². The first-order chi connectivity index (χ1) is 15.5. The summed E-state index contributed by atoms with van der Waals surface area (Å²) in [5, 5.41) is 11.2. The minimum Gasteiger partial charge on any atom is -0.507 e. The molecule has 1 unspecified atom stereocenters. The van der Waals surface area contributed by atoms with Crippen LogP contribution in [0.3, 0.4) is 0 Å². The van der Waals surface area contributed by atoms with Gasteiger partial charge in [-0.2, -0.15) is 0 Å². The number of unbranched alkanes of at least 4 members (excludes halogenated alkanes) is 2. The molecule has 2 aromatic rings. The second-order valence-electron chi connectivity index (χ2n) is 7.66. The molecule has 32 heavy (non-hydrogen) atoms. The van der Waals surface area contributed by atoms with E-state index in [2.05, 4.69) is 6.92 Å². The first-order valence-electron chi connectivity index (χ1n) is 11.3. The van der Waals surface area contributed by atoms with Crippen LogP contribution in [0, 0.1) is 0 Å². The zero-order valence-corrected chi connectivity index (χ0v) is 19.0. The lowest BCUT2D eigenvalue weighted by molar-refractivity contribution is -0.139. The Balaban J connectivity index is 2.08. The average Bonchev–Trinajstić information content (AvgIpc) is 3.05. The van der Waals surface area contributed by atoms with Crippen LogP contribution in [0.1, 0.15) is 57.2 Å². The quantitative estimate of drug-likeness (QED) is 0.242. The van der Waals surface area contributed by atoms with Crippen LogP contribution in [0.5, 0.6) is 11.5 Å². The molecule has 1 amide bonds. The average molecular weight is 438 g/mol. The molecule has 3 rings (SSSR count). The third-order valence-electron chi connectivity index (χ3n) is 5.47. The molecule has 0 aliphatic carbocycles. The second kappa shape index (κ2) is 10.8.